The first-order valence-corrected chi connectivity index (χ1v) is 4.70. The lowest BCUT2D eigenvalue weighted by Gasteiger charge is -2.25. The minimum absolute atomic E-state index is 0.164. The van der Waals surface area contributed by atoms with E-state index in [2.05, 4.69) is 4.98 Å². The summed E-state index contributed by atoms with van der Waals surface area (Å²) in [5, 5.41) is 10.5. The molecular formula is C8H14N2OS. The molecule has 0 spiro atoms. The molecule has 1 unspecified atom stereocenters. The molecule has 0 radical (unpaired) electrons. The van der Waals surface area contributed by atoms with Gasteiger partial charge in [-0.2, -0.15) is 0 Å². The topological polar surface area (TPSA) is 59.1 Å². The Bertz CT molecular complexity index is 268. The summed E-state index contributed by atoms with van der Waals surface area (Å²) in [7, 11) is 0. The Morgan fingerprint density at radius 3 is 2.58 bits per heavy atom. The molecule has 68 valence electrons. The molecule has 1 aromatic heterocycles. The summed E-state index contributed by atoms with van der Waals surface area (Å²) in [6.45, 7) is 5.72. The lowest BCUT2D eigenvalue weighted by Crippen LogP contribution is -2.26. The second-order valence-electron chi connectivity index (χ2n) is 3.36. The summed E-state index contributed by atoms with van der Waals surface area (Å²) in [5.74, 6) is 0.164. The van der Waals surface area contributed by atoms with E-state index in [1.807, 2.05) is 13.8 Å². The number of thiazole rings is 1. The zero-order valence-corrected chi connectivity index (χ0v) is 8.35. The van der Waals surface area contributed by atoms with Crippen molar-refractivity contribution in [2.75, 3.05) is 5.73 Å². The largest absolute Gasteiger partial charge is 0.384 e. The molecule has 0 amide bonds. The molecule has 0 bridgehead atoms. The minimum Gasteiger partial charge on any atom is -0.384 e. The summed E-state index contributed by atoms with van der Waals surface area (Å²) in [6.07, 6.45) is 1.64. The van der Waals surface area contributed by atoms with Gasteiger partial charge in [0.25, 0.3) is 0 Å². The fourth-order valence-corrected chi connectivity index (χ4v) is 1.68. The van der Waals surface area contributed by atoms with Crippen molar-refractivity contribution < 1.29 is 5.11 Å². The molecule has 1 atom stereocenters. The number of aromatic nitrogens is 1. The van der Waals surface area contributed by atoms with Gasteiger partial charge in [-0.1, -0.05) is 25.2 Å². The van der Waals surface area contributed by atoms with Gasteiger partial charge in [-0.15, -0.1) is 0 Å². The third kappa shape index (κ3) is 1.59. The number of rotatable bonds is 2. The normalized spacial score (nSPS) is 16.4. The van der Waals surface area contributed by atoms with E-state index in [-0.39, 0.29) is 5.92 Å². The van der Waals surface area contributed by atoms with Crippen molar-refractivity contribution in [1.29, 1.82) is 0 Å². The second-order valence-corrected chi connectivity index (χ2v) is 4.43. The fraction of sp³-hybridized carbons (Fsp3) is 0.625. The lowest BCUT2D eigenvalue weighted by atomic mass is 9.92. The maximum atomic E-state index is 9.99. The molecule has 1 rings (SSSR count). The van der Waals surface area contributed by atoms with Crippen molar-refractivity contribution in [1.82, 2.24) is 4.98 Å². The van der Waals surface area contributed by atoms with Crippen LogP contribution >= 0.6 is 11.3 Å². The van der Waals surface area contributed by atoms with Crippen LogP contribution in [-0.4, -0.2) is 10.1 Å². The van der Waals surface area contributed by atoms with Crippen LogP contribution in [0.5, 0.6) is 0 Å². The predicted octanol–water partition coefficient (Wildman–Crippen LogP) is 1.59. The van der Waals surface area contributed by atoms with E-state index in [1.165, 1.54) is 11.3 Å². The molecule has 0 fully saturated rings. The van der Waals surface area contributed by atoms with E-state index in [9.17, 15) is 5.11 Å². The standard InChI is InChI=1S/C8H14N2OS/c1-5(2)8(3,11)6-4-10-7(9)12-6/h4-5,11H,1-3H3,(H2,9,10). The Balaban J connectivity index is 2.97. The zero-order chi connectivity index (χ0) is 9.35. The predicted molar refractivity (Wildman–Crippen MR) is 50.9 cm³/mol. The first-order chi connectivity index (χ1) is 5.44. The second kappa shape index (κ2) is 3.03. The van der Waals surface area contributed by atoms with E-state index in [0.29, 0.717) is 5.13 Å². The van der Waals surface area contributed by atoms with Gasteiger partial charge in [-0.25, -0.2) is 4.98 Å². The molecule has 4 heteroatoms. The average molecular weight is 186 g/mol. The monoisotopic (exact) mass is 186 g/mol. The fourth-order valence-electron chi connectivity index (χ4n) is 0.806. The highest BCUT2D eigenvalue weighted by Gasteiger charge is 2.29. The highest BCUT2D eigenvalue weighted by Crippen LogP contribution is 2.33. The van der Waals surface area contributed by atoms with Crippen molar-refractivity contribution in [3.8, 4) is 0 Å². The van der Waals surface area contributed by atoms with Crippen LogP contribution in [0.1, 0.15) is 25.6 Å². The lowest BCUT2D eigenvalue weighted by molar-refractivity contribution is 0.0124. The summed E-state index contributed by atoms with van der Waals surface area (Å²) in [4.78, 5) is 4.73. The van der Waals surface area contributed by atoms with Crippen molar-refractivity contribution >= 4 is 16.5 Å². The van der Waals surface area contributed by atoms with E-state index >= 15 is 0 Å². The maximum Gasteiger partial charge on any atom is 0.180 e. The van der Waals surface area contributed by atoms with Crippen molar-refractivity contribution in [2.24, 2.45) is 5.92 Å². The van der Waals surface area contributed by atoms with Crippen LogP contribution in [0.3, 0.4) is 0 Å². The number of nitrogen functional groups attached to an aromatic ring is 1. The van der Waals surface area contributed by atoms with Gasteiger partial charge in [0.15, 0.2) is 5.13 Å². The van der Waals surface area contributed by atoms with E-state index in [1.54, 1.807) is 13.1 Å². The highest BCUT2D eigenvalue weighted by atomic mass is 32.1. The molecule has 0 saturated heterocycles. The first kappa shape index (κ1) is 9.48. The molecule has 3 N–H and O–H groups in total. The molecular weight excluding hydrogens is 172 g/mol. The SMILES string of the molecule is CC(C)C(C)(O)c1cnc(N)s1. The molecule has 1 aromatic rings. The van der Waals surface area contributed by atoms with Gasteiger partial charge >= 0.3 is 0 Å². The number of nitrogens with two attached hydrogens (primary N) is 1. The first-order valence-electron chi connectivity index (χ1n) is 3.88. The Hall–Kier alpha value is -0.610. The summed E-state index contributed by atoms with van der Waals surface area (Å²) in [6, 6.07) is 0. The van der Waals surface area contributed by atoms with Crippen LogP contribution in [-0.2, 0) is 5.60 Å². The zero-order valence-electron chi connectivity index (χ0n) is 7.53. The van der Waals surface area contributed by atoms with Gasteiger partial charge < -0.3 is 10.8 Å². The molecule has 12 heavy (non-hydrogen) atoms. The van der Waals surface area contributed by atoms with Crippen molar-refractivity contribution in [2.45, 2.75) is 26.4 Å². The number of hydrogen-bond donors (Lipinski definition) is 2. The molecule has 0 aliphatic heterocycles. The molecule has 3 nitrogen and oxygen atoms in total. The molecule has 0 aliphatic carbocycles. The van der Waals surface area contributed by atoms with Crippen LogP contribution in [0.15, 0.2) is 6.20 Å². The van der Waals surface area contributed by atoms with Crippen molar-refractivity contribution in [3.05, 3.63) is 11.1 Å². The Kier molecular flexibility index (Phi) is 2.39. The number of aliphatic hydroxyl groups is 1. The Morgan fingerprint density at radius 1 is 1.67 bits per heavy atom. The number of hydrogen-bond acceptors (Lipinski definition) is 4. The third-order valence-electron chi connectivity index (χ3n) is 2.15. The Morgan fingerprint density at radius 2 is 2.25 bits per heavy atom. The van der Waals surface area contributed by atoms with Crippen molar-refractivity contribution in [3.63, 3.8) is 0 Å². The number of anilines is 1. The van der Waals surface area contributed by atoms with Gasteiger partial charge in [0, 0.05) is 6.20 Å². The average Bonchev–Trinajstić information content (AvgIpc) is 2.35. The van der Waals surface area contributed by atoms with Gasteiger partial charge in [0.05, 0.1) is 10.5 Å². The third-order valence-corrected chi connectivity index (χ3v) is 3.20. The van der Waals surface area contributed by atoms with Gasteiger partial charge in [-0.3, -0.25) is 0 Å². The summed E-state index contributed by atoms with van der Waals surface area (Å²) in [5.41, 5.74) is 4.66. The van der Waals surface area contributed by atoms with E-state index in [4.69, 9.17) is 5.73 Å². The van der Waals surface area contributed by atoms with Crippen LogP contribution in [0.4, 0.5) is 5.13 Å². The highest BCUT2D eigenvalue weighted by molar-refractivity contribution is 7.15. The van der Waals surface area contributed by atoms with Crippen LogP contribution in [0.2, 0.25) is 0 Å². The maximum absolute atomic E-state index is 9.99. The molecule has 0 saturated carbocycles. The minimum atomic E-state index is -0.810. The van der Waals surface area contributed by atoms with Crippen LogP contribution in [0, 0.1) is 5.92 Å². The van der Waals surface area contributed by atoms with Crippen LogP contribution < -0.4 is 5.73 Å². The Labute approximate surface area is 76.3 Å². The smallest absolute Gasteiger partial charge is 0.180 e. The van der Waals surface area contributed by atoms with E-state index in [0.717, 1.165) is 4.88 Å². The molecule has 0 aliphatic rings. The quantitative estimate of drug-likeness (QED) is 0.737. The summed E-state index contributed by atoms with van der Waals surface area (Å²) >= 11 is 1.34. The molecule has 0 aromatic carbocycles. The van der Waals surface area contributed by atoms with E-state index < -0.39 is 5.60 Å². The van der Waals surface area contributed by atoms with Gasteiger partial charge in [0.2, 0.25) is 0 Å². The van der Waals surface area contributed by atoms with Crippen LogP contribution in [0.25, 0.3) is 0 Å². The summed E-state index contributed by atoms with van der Waals surface area (Å²) < 4.78 is 0. The molecule has 1 heterocycles. The number of nitrogens with zero attached hydrogens (tertiary/aromatic N) is 1. The van der Waals surface area contributed by atoms with Gasteiger partial charge in [-0.05, 0) is 12.8 Å². The van der Waals surface area contributed by atoms with Gasteiger partial charge in [0.1, 0.15) is 0 Å².